The lowest BCUT2D eigenvalue weighted by Crippen LogP contribution is -2.01. The molecule has 0 fully saturated rings. The predicted molar refractivity (Wildman–Crippen MR) is 65.2 cm³/mol. The SMILES string of the molecule is CCOc1c(-c2ccccc2)c(=O)on1CC. The van der Waals surface area contributed by atoms with Crippen molar-refractivity contribution >= 4 is 0 Å². The Labute approximate surface area is 99.4 Å². The van der Waals surface area contributed by atoms with Crippen LogP contribution in [0.4, 0.5) is 0 Å². The minimum atomic E-state index is -0.360. The fraction of sp³-hybridized carbons (Fsp3) is 0.308. The second kappa shape index (κ2) is 4.91. The van der Waals surface area contributed by atoms with Crippen LogP contribution in [0.2, 0.25) is 0 Å². The van der Waals surface area contributed by atoms with Crippen LogP contribution >= 0.6 is 0 Å². The molecule has 4 nitrogen and oxygen atoms in total. The molecule has 1 aromatic carbocycles. The average molecular weight is 233 g/mol. The Morgan fingerprint density at radius 3 is 2.53 bits per heavy atom. The van der Waals surface area contributed by atoms with Crippen LogP contribution in [-0.4, -0.2) is 11.3 Å². The van der Waals surface area contributed by atoms with E-state index in [1.54, 1.807) is 0 Å². The monoisotopic (exact) mass is 233 g/mol. The lowest BCUT2D eigenvalue weighted by Gasteiger charge is -2.06. The van der Waals surface area contributed by atoms with E-state index in [1.807, 2.05) is 44.2 Å². The van der Waals surface area contributed by atoms with Crippen molar-refractivity contribution in [3.63, 3.8) is 0 Å². The van der Waals surface area contributed by atoms with E-state index in [0.29, 0.717) is 24.6 Å². The summed E-state index contributed by atoms with van der Waals surface area (Å²) in [6.45, 7) is 4.85. The van der Waals surface area contributed by atoms with Gasteiger partial charge in [-0.25, -0.2) is 4.79 Å². The normalized spacial score (nSPS) is 10.5. The van der Waals surface area contributed by atoms with Gasteiger partial charge in [0.25, 0.3) is 0 Å². The van der Waals surface area contributed by atoms with Crippen LogP contribution in [-0.2, 0) is 6.54 Å². The zero-order valence-corrected chi connectivity index (χ0v) is 9.97. The van der Waals surface area contributed by atoms with Gasteiger partial charge in [0, 0.05) is 0 Å². The van der Waals surface area contributed by atoms with E-state index in [2.05, 4.69) is 0 Å². The van der Waals surface area contributed by atoms with Gasteiger partial charge in [-0.15, -0.1) is 0 Å². The van der Waals surface area contributed by atoms with Gasteiger partial charge in [0.1, 0.15) is 5.56 Å². The van der Waals surface area contributed by atoms with Crippen LogP contribution < -0.4 is 10.4 Å². The molecule has 0 amide bonds. The van der Waals surface area contributed by atoms with E-state index < -0.39 is 0 Å². The Balaban J connectivity index is 2.60. The number of aromatic nitrogens is 1. The third kappa shape index (κ3) is 2.11. The zero-order valence-electron chi connectivity index (χ0n) is 9.97. The van der Waals surface area contributed by atoms with Crippen LogP contribution in [0.1, 0.15) is 13.8 Å². The minimum Gasteiger partial charge on any atom is -0.477 e. The summed E-state index contributed by atoms with van der Waals surface area (Å²) in [6.07, 6.45) is 0. The lowest BCUT2D eigenvalue weighted by molar-refractivity contribution is 0.206. The number of hydrogen-bond donors (Lipinski definition) is 0. The molecule has 0 spiro atoms. The number of nitrogens with zero attached hydrogens (tertiary/aromatic N) is 1. The zero-order chi connectivity index (χ0) is 12.3. The highest BCUT2D eigenvalue weighted by Crippen LogP contribution is 2.27. The maximum absolute atomic E-state index is 11.8. The van der Waals surface area contributed by atoms with E-state index in [4.69, 9.17) is 9.26 Å². The van der Waals surface area contributed by atoms with Gasteiger partial charge < -0.3 is 9.26 Å². The highest BCUT2D eigenvalue weighted by Gasteiger charge is 2.19. The molecule has 2 aromatic rings. The molecule has 0 aliphatic carbocycles. The molecule has 0 atom stereocenters. The fourth-order valence-corrected chi connectivity index (χ4v) is 1.73. The van der Waals surface area contributed by atoms with Crippen LogP contribution in [0.15, 0.2) is 39.6 Å². The Hall–Kier alpha value is -1.97. The molecule has 0 unspecified atom stereocenters. The van der Waals surface area contributed by atoms with E-state index in [-0.39, 0.29) is 5.63 Å². The van der Waals surface area contributed by atoms with Crippen LogP contribution in [0.5, 0.6) is 5.88 Å². The molecule has 0 saturated heterocycles. The van der Waals surface area contributed by atoms with Gasteiger partial charge in [-0.2, -0.15) is 4.74 Å². The van der Waals surface area contributed by atoms with Crippen molar-refractivity contribution in [1.82, 2.24) is 4.74 Å². The quantitative estimate of drug-likeness (QED) is 0.815. The first-order valence-corrected chi connectivity index (χ1v) is 5.70. The Morgan fingerprint density at radius 1 is 1.24 bits per heavy atom. The Morgan fingerprint density at radius 2 is 1.94 bits per heavy atom. The molecule has 0 saturated carbocycles. The molecule has 0 aliphatic rings. The summed E-state index contributed by atoms with van der Waals surface area (Å²) >= 11 is 0. The number of hydrogen-bond acceptors (Lipinski definition) is 3. The van der Waals surface area contributed by atoms with E-state index in [1.165, 1.54) is 4.74 Å². The van der Waals surface area contributed by atoms with E-state index in [0.717, 1.165) is 5.56 Å². The third-order valence-electron chi connectivity index (χ3n) is 2.47. The molecule has 1 heterocycles. The number of rotatable bonds is 4. The molecule has 17 heavy (non-hydrogen) atoms. The summed E-state index contributed by atoms with van der Waals surface area (Å²) in [5.41, 5.74) is 0.952. The van der Waals surface area contributed by atoms with Gasteiger partial charge in [-0.3, -0.25) is 0 Å². The first-order valence-electron chi connectivity index (χ1n) is 5.70. The van der Waals surface area contributed by atoms with Crippen molar-refractivity contribution in [2.24, 2.45) is 0 Å². The van der Waals surface area contributed by atoms with Gasteiger partial charge in [0.15, 0.2) is 0 Å². The summed E-state index contributed by atoms with van der Waals surface area (Å²) in [5, 5.41) is 0. The van der Waals surface area contributed by atoms with Crippen LogP contribution in [0.25, 0.3) is 11.1 Å². The second-order valence-electron chi connectivity index (χ2n) is 3.55. The largest absolute Gasteiger partial charge is 0.477 e. The fourth-order valence-electron chi connectivity index (χ4n) is 1.73. The van der Waals surface area contributed by atoms with Gasteiger partial charge >= 0.3 is 5.63 Å². The van der Waals surface area contributed by atoms with Crippen LogP contribution in [0.3, 0.4) is 0 Å². The van der Waals surface area contributed by atoms with Crippen molar-refractivity contribution in [3.8, 4) is 17.0 Å². The highest BCUT2D eigenvalue weighted by atomic mass is 16.6. The molecule has 90 valence electrons. The minimum absolute atomic E-state index is 0.360. The van der Waals surface area contributed by atoms with Crippen molar-refractivity contribution in [2.75, 3.05) is 6.61 Å². The van der Waals surface area contributed by atoms with Crippen molar-refractivity contribution in [2.45, 2.75) is 20.4 Å². The number of benzene rings is 1. The van der Waals surface area contributed by atoms with Gasteiger partial charge in [0.05, 0.1) is 13.2 Å². The van der Waals surface area contributed by atoms with Crippen LogP contribution in [0, 0.1) is 0 Å². The molecule has 0 aliphatic heterocycles. The van der Waals surface area contributed by atoms with Gasteiger partial charge in [-0.05, 0) is 19.4 Å². The molecule has 2 rings (SSSR count). The van der Waals surface area contributed by atoms with Gasteiger partial charge in [-0.1, -0.05) is 30.3 Å². The molecular weight excluding hydrogens is 218 g/mol. The highest BCUT2D eigenvalue weighted by molar-refractivity contribution is 5.67. The van der Waals surface area contributed by atoms with Crippen molar-refractivity contribution < 1.29 is 9.26 Å². The maximum atomic E-state index is 11.8. The Bertz CT molecular complexity index is 540. The second-order valence-corrected chi connectivity index (χ2v) is 3.55. The summed E-state index contributed by atoms with van der Waals surface area (Å²) < 4.78 is 12.1. The molecule has 0 bridgehead atoms. The summed E-state index contributed by atoms with van der Waals surface area (Å²) in [6, 6.07) is 9.41. The maximum Gasteiger partial charge on any atom is 0.369 e. The average Bonchev–Trinajstić information content (AvgIpc) is 2.67. The summed E-state index contributed by atoms with van der Waals surface area (Å²) in [4.78, 5) is 11.8. The third-order valence-corrected chi connectivity index (χ3v) is 2.47. The smallest absolute Gasteiger partial charge is 0.369 e. The summed E-state index contributed by atoms with van der Waals surface area (Å²) in [7, 11) is 0. The topological polar surface area (TPSA) is 44.4 Å². The molecular formula is C13H15NO3. The number of ether oxygens (including phenoxy) is 1. The van der Waals surface area contributed by atoms with Crippen molar-refractivity contribution in [1.29, 1.82) is 0 Å². The van der Waals surface area contributed by atoms with E-state index in [9.17, 15) is 4.79 Å². The van der Waals surface area contributed by atoms with Gasteiger partial charge in [0.2, 0.25) is 5.88 Å². The molecule has 0 radical (unpaired) electrons. The van der Waals surface area contributed by atoms with Crippen molar-refractivity contribution in [3.05, 3.63) is 40.8 Å². The van der Waals surface area contributed by atoms with E-state index >= 15 is 0 Å². The molecule has 0 N–H and O–H groups in total. The number of aryl methyl sites for hydroxylation is 1. The summed E-state index contributed by atoms with van der Waals surface area (Å²) in [5.74, 6) is 0.506. The Kier molecular flexibility index (Phi) is 3.32. The first kappa shape index (κ1) is 11.5. The standard InChI is InChI=1S/C13H15NO3/c1-3-14-12(16-4-2)11(13(15)17-14)10-8-6-5-7-9-10/h5-9H,3-4H2,1-2H3. The molecule has 4 heteroatoms. The first-order chi connectivity index (χ1) is 8.27. The lowest BCUT2D eigenvalue weighted by atomic mass is 10.1. The predicted octanol–water partition coefficient (Wildman–Crippen LogP) is 2.53. The molecule has 1 aromatic heterocycles.